The molecule has 0 spiro atoms. The first kappa shape index (κ1) is 22.2. The fraction of sp³-hybridized carbons (Fsp3) is 0.333. The number of hydrogen-bond acceptors (Lipinski definition) is 7. The fourth-order valence-corrected chi connectivity index (χ4v) is 2.69. The van der Waals surface area contributed by atoms with Crippen LogP contribution in [0, 0.1) is 0 Å². The standard InChI is InChI=1S/C18H23N5O5S/c19-13(8-29)16(25)22-14(5-10-1-3-12(24)4-2-10)17(26)23-15(18(27)28)6-11-7-20-9-21-11/h1-4,7,9,13-15,24,29H,5-6,8,19H2,(H,20,21)(H,22,25)(H,23,26)(H,27,28)/t13-,14-,15-/m0/s1. The highest BCUT2D eigenvalue weighted by Gasteiger charge is 2.28. The van der Waals surface area contributed by atoms with E-state index in [0.717, 1.165) is 0 Å². The molecule has 29 heavy (non-hydrogen) atoms. The summed E-state index contributed by atoms with van der Waals surface area (Å²) < 4.78 is 0. The Labute approximate surface area is 172 Å². The van der Waals surface area contributed by atoms with Gasteiger partial charge in [0, 0.05) is 30.5 Å². The number of rotatable bonds is 10. The van der Waals surface area contributed by atoms with E-state index in [4.69, 9.17) is 5.73 Å². The highest BCUT2D eigenvalue weighted by atomic mass is 32.1. The molecule has 2 rings (SSSR count). The Hall–Kier alpha value is -3.05. The lowest BCUT2D eigenvalue weighted by Crippen LogP contribution is -2.55. The third-order valence-corrected chi connectivity index (χ3v) is 4.53. The maximum absolute atomic E-state index is 12.8. The van der Waals surface area contributed by atoms with Crippen molar-refractivity contribution in [2.24, 2.45) is 5.73 Å². The highest BCUT2D eigenvalue weighted by molar-refractivity contribution is 7.80. The maximum Gasteiger partial charge on any atom is 0.326 e. The van der Waals surface area contributed by atoms with Crippen molar-refractivity contribution < 1.29 is 24.6 Å². The van der Waals surface area contributed by atoms with Crippen molar-refractivity contribution in [3.63, 3.8) is 0 Å². The van der Waals surface area contributed by atoms with E-state index < -0.39 is 35.9 Å². The van der Waals surface area contributed by atoms with Gasteiger partial charge in [0.1, 0.15) is 17.8 Å². The van der Waals surface area contributed by atoms with Gasteiger partial charge in [0.15, 0.2) is 0 Å². The first-order valence-corrected chi connectivity index (χ1v) is 9.38. The minimum absolute atomic E-state index is 0.00287. The molecule has 0 saturated heterocycles. The first-order valence-electron chi connectivity index (χ1n) is 8.75. The number of aromatic nitrogens is 2. The van der Waals surface area contributed by atoms with E-state index in [1.165, 1.54) is 24.7 Å². The Morgan fingerprint density at radius 3 is 2.31 bits per heavy atom. The molecule has 0 aliphatic carbocycles. The number of phenolic OH excluding ortho intramolecular Hbond substituents is 1. The Bertz CT molecular complexity index is 828. The minimum Gasteiger partial charge on any atom is -0.508 e. The molecule has 11 heteroatoms. The number of hydrogen-bond donors (Lipinski definition) is 7. The average Bonchev–Trinajstić information content (AvgIpc) is 3.20. The number of benzene rings is 1. The van der Waals surface area contributed by atoms with Crippen molar-refractivity contribution in [2.45, 2.75) is 31.0 Å². The molecule has 156 valence electrons. The molecule has 10 nitrogen and oxygen atoms in total. The van der Waals surface area contributed by atoms with Crippen LogP contribution in [-0.2, 0) is 27.2 Å². The van der Waals surface area contributed by atoms with E-state index in [1.54, 1.807) is 12.1 Å². The molecule has 0 bridgehead atoms. The fourth-order valence-electron chi connectivity index (χ4n) is 2.53. The Kier molecular flexibility index (Phi) is 8.04. The molecule has 0 saturated carbocycles. The Morgan fingerprint density at radius 1 is 1.10 bits per heavy atom. The van der Waals surface area contributed by atoms with Crippen molar-refractivity contribution in [1.82, 2.24) is 20.6 Å². The number of imidazole rings is 1. The van der Waals surface area contributed by atoms with Gasteiger partial charge in [-0.1, -0.05) is 12.1 Å². The van der Waals surface area contributed by atoms with E-state index in [-0.39, 0.29) is 24.3 Å². The van der Waals surface area contributed by atoms with Crippen molar-refractivity contribution in [1.29, 1.82) is 0 Å². The zero-order valence-corrected chi connectivity index (χ0v) is 16.3. The van der Waals surface area contributed by atoms with Crippen LogP contribution in [0.25, 0.3) is 0 Å². The quantitative estimate of drug-likeness (QED) is 0.246. The molecular weight excluding hydrogens is 398 g/mol. The summed E-state index contributed by atoms with van der Waals surface area (Å²) in [5.74, 6) is -2.35. The second kappa shape index (κ2) is 10.5. The molecule has 0 fully saturated rings. The van der Waals surface area contributed by atoms with E-state index >= 15 is 0 Å². The lowest BCUT2D eigenvalue weighted by molar-refractivity contribution is -0.142. The van der Waals surface area contributed by atoms with Crippen LogP contribution in [0.3, 0.4) is 0 Å². The number of nitrogens with two attached hydrogens (primary N) is 1. The SMILES string of the molecule is N[C@@H](CS)C(=O)N[C@@H](Cc1ccc(O)cc1)C(=O)N[C@@H](Cc1cnc[nH]1)C(=O)O. The molecular formula is C18H23N5O5S. The van der Waals surface area contributed by atoms with Gasteiger partial charge < -0.3 is 31.6 Å². The van der Waals surface area contributed by atoms with Crippen LogP contribution in [0.4, 0.5) is 0 Å². The smallest absolute Gasteiger partial charge is 0.326 e. The van der Waals surface area contributed by atoms with Gasteiger partial charge in [0.2, 0.25) is 11.8 Å². The zero-order chi connectivity index (χ0) is 21.4. The van der Waals surface area contributed by atoms with Crippen molar-refractivity contribution in [3.8, 4) is 5.75 Å². The van der Waals surface area contributed by atoms with Crippen LogP contribution >= 0.6 is 12.6 Å². The molecule has 0 aliphatic rings. The van der Waals surface area contributed by atoms with Crippen LogP contribution in [0.2, 0.25) is 0 Å². The number of nitrogens with zero attached hydrogens (tertiary/aromatic N) is 1. The summed E-state index contributed by atoms with van der Waals surface area (Å²) in [6.07, 6.45) is 2.94. The molecule has 0 aliphatic heterocycles. The van der Waals surface area contributed by atoms with Crippen LogP contribution in [0.5, 0.6) is 5.75 Å². The van der Waals surface area contributed by atoms with E-state index in [0.29, 0.717) is 11.3 Å². The van der Waals surface area contributed by atoms with E-state index in [2.05, 4.69) is 33.2 Å². The predicted octanol–water partition coefficient (Wildman–Crippen LogP) is -0.788. The molecule has 3 atom stereocenters. The zero-order valence-electron chi connectivity index (χ0n) is 15.4. The molecule has 2 amide bonds. The van der Waals surface area contributed by atoms with Crippen LogP contribution in [0.15, 0.2) is 36.8 Å². The third kappa shape index (κ3) is 6.80. The average molecular weight is 421 g/mol. The largest absolute Gasteiger partial charge is 0.508 e. The van der Waals surface area contributed by atoms with Crippen molar-refractivity contribution >= 4 is 30.4 Å². The molecule has 2 aromatic rings. The van der Waals surface area contributed by atoms with E-state index in [1.807, 2.05) is 0 Å². The number of phenols is 1. The highest BCUT2D eigenvalue weighted by Crippen LogP contribution is 2.12. The van der Waals surface area contributed by atoms with Crippen LogP contribution in [0.1, 0.15) is 11.3 Å². The van der Waals surface area contributed by atoms with Gasteiger partial charge in [0.25, 0.3) is 0 Å². The molecule has 0 unspecified atom stereocenters. The normalized spacial score (nSPS) is 13.9. The van der Waals surface area contributed by atoms with Gasteiger partial charge >= 0.3 is 5.97 Å². The van der Waals surface area contributed by atoms with Gasteiger partial charge in [-0.15, -0.1) is 0 Å². The van der Waals surface area contributed by atoms with Gasteiger partial charge in [-0.25, -0.2) is 9.78 Å². The summed E-state index contributed by atoms with van der Waals surface area (Å²) >= 11 is 3.97. The number of H-pyrrole nitrogens is 1. The van der Waals surface area contributed by atoms with E-state index in [9.17, 15) is 24.6 Å². The number of carboxylic acid groups (broad SMARTS) is 1. The monoisotopic (exact) mass is 421 g/mol. The number of carbonyl (C=O) groups excluding carboxylic acids is 2. The molecule has 7 N–H and O–H groups in total. The van der Waals surface area contributed by atoms with Gasteiger partial charge in [0.05, 0.1) is 12.4 Å². The van der Waals surface area contributed by atoms with Crippen LogP contribution < -0.4 is 16.4 Å². The molecule has 1 heterocycles. The number of nitrogens with one attached hydrogen (secondary N) is 3. The molecule has 1 aromatic heterocycles. The first-order chi connectivity index (χ1) is 13.8. The van der Waals surface area contributed by atoms with Gasteiger partial charge in [-0.05, 0) is 17.7 Å². The summed E-state index contributed by atoms with van der Waals surface area (Å²) in [4.78, 5) is 43.1. The Balaban J connectivity index is 2.15. The van der Waals surface area contributed by atoms with Crippen LogP contribution in [-0.4, -0.2) is 61.8 Å². The lowest BCUT2D eigenvalue weighted by Gasteiger charge is -2.22. The van der Waals surface area contributed by atoms with Gasteiger partial charge in [-0.2, -0.15) is 12.6 Å². The van der Waals surface area contributed by atoms with Crippen molar-refractivity contribution in [2.75, 3.05) is 5.75 Å². The minimum atomic E-state index is -1.23. The summed E-state index contributed by atoms with van der Waals surface area (Å²) in [6, 6.07) is 2.88. The number of aromatic amines is 1. The lowest BCUT2D eigenvalue weighted by atomic mass is 10.0. The number of aliphatic carboxylic acids is 1. The van der Waals surface area contributed by atoms with Crippen molar-refractivity contribution in [3.05, 3.63) is 48.0 Å². The second-order valence-corrected chi connectivity index (χ2v) is 6.77. The third-order valence-electron chi connectivity index (χ3n) is 4.14. The predicted molar refractivity (Wildman–Crippen MR) is 107 cm³/mol. The number of carboxylic acids is 1. The molecule has 1 aromatic carbocycles. The Morgan fingerprint density at radius 2 is 1.76 bits per heavy atom. The topological polar surface area (TPSA) is 170 Å². The number of carbonyl (C=O) groups is 3. The number of amides is 2. The number of aromatic hydroxyl groups is 1. The summed E-state index contributed by atoms with van der Waals surface area (Å²) in [5, 5.41) is 23.8. The molecule has 0 radical (unpaired) electrons. The summed E-state index contributed by atoms with van der Waals surface area (Å²) in [6.45, 7) is 0. The number of thiol groups is 1. The second-order valence-electron chi connectivity index (χ2n) is 6.40. The summed E-state index contributed by atoms with van der Waals surface area (Å²) in [5.41, 5.74) is 6.85. The van der Waals surface area contributed by atoms with Gasteiger partial charge in [-0.3, -0.25) is 9.59 Å². The summed E-state index contributed by atoms with van der Waals surface area (Å²) in [7, 11) is 0. The maximum atomic E-state index is 12.8.